The standard InChI is InChI=1S/C11H18N2O2/c1-11(2,3)8-7-12-9(13(8)4)5-6-10(14)15/h7H,5-6H2,1-4H3,(H,14,15). The van der Waals surface area contributed by atoms with Crippen LogP contribution in [0.4, 0.5) is 0 Å². The summed E-state index contributed by atoms with van der Waals surface area (Å²) >= 11 is 0. The van der Waals surface area contributed by atoms with Crippen LogP contribution < -0.4 is 0 Å². The Kier molecular flexibility index (Phi) is 3.17. The van der Waals surface area contributed by atoms with Crippen molar-refractivity contribution in [1.82, 2.24) is 9.55 Å². The van der Waals surface area contributed by atoms with E-state index in [1.807, 2.05) is 17.8 Å². The number of carbonyl (C=O) groups is 1. The predicted octanol–water partition coefficient (Wildman–Crippen LogP) is 1.73. The number of carboxylic acids is 1. The van der Waals surface area contributed by atoms with Crippen LogP contribution in [-0.2, 0) is 23.7 Å². The Balaban J connectivity index is 2.85. The lowest BCUT2D eigenvalue weighted by atomic mass is 9.93. The van der Waals surface area contributed by atoms with E-state index in [1.165, 1.54) is 0 Å². The molecule has 0 aliphatic rings. The Bertz CT molecular complexity index is 361. The summed E-state index contributed by atoms with van der Waals surface area (Å²) in [6.45, 7) is 6.35. The molecule has 0 amide bonds. The van der Waals surface area contributed by atoms with Gasteiger partial charge >= 0.3 is 5.97 Å². The molecule has 0 atom stereocenters. The van der Waals surface area contributed by atoms with Crippen molar-refractivity contribution < 1.29 is 9.90 Å². The Labute approximate surface area is 89.9 Å². The van der Waals surface area contributed by atoms with Crippen molar-refractivity contribution in [3.63, 3.8) is 0 Å². The zero-order valence-corrected chi connectivity index (χ0v) is 9.74. The van der Waals surface area contributed by atoms with Crippen molar-refractivity contribution in [2.75, 3.05) is 0 Å². The third kappa shape index (κ3) is 2.81. The molecule has 0 aliphatic carbocycles. The molecule has 1 aromatic heterocycles. The Morgan fingerprint density at radius 2 is 2.13 bits per heavy atom. The van der Waals surface area contributed by atoms with E-state index in [2.05, 4.69) is 25.8 Å². The number of imidazole rings is 1. The van der Waals surface area contributed by atoms with Gasteiger partial charge in [-0.05, 0) is 0 Å². The Hall–Kier alpha value is -1.32. The normalized spacial score (nSPS) is 11.7. The van der Waals surface area contributed by atoms with Crippen LogP contribution in [0.3, 0.4) is 0 Å². The monoisotopic (exact) mass is 210 g/mol. The first kappa shape index (κ1) is 11.8. The van der Waals surface area contributed by atoms with Gasteiger partial charge in [0.1, 0.15) is 5.82 Å². The average Bonchev–Trinajstić information content (AvgIpc) is 2.42. The van der Waals surface area contributed by atoms with Crippen molar-refractivity contribution in [3.05, 3.63) is 17.7 Å². The number of rotatable bonds is 3. The molecule has 0 saturated carbocycles. The van der Waals surface area contributed by atoms with E-state index in [-0.39, 0.29) is 11.8 Å². The SMILES string of the molecule is Cn1c(C(C)(C)C)cnc1CCC(=O)O. The van der Waals surface area contributed by atoms with Gasteiger partial charge in [-0.15, -0.1) is 0 Å². The van der Waals surface area contributed by atoms with Crippen molar-refractivity contribution in [2.24, 2.45) is 7.05 Å². The van der Waals surface area contributed by atoms with Gasteiger partial charge in [-0.25, -0.2) is 4.98 Å². The van der Waals surface area contributed by atoms with Gasteiger partial charge < -0.3 is 9.67 Å². The number of hydrogen-bond acceptors (Lipinski definition) is 2. The number of nitrogens with zero attached hydrogens (tertiary/aromatic N) is 2. The molecule has 1 N–H and O–H groups in total. The summed E-state index contributed by atoms with van der Waals surface area (Å²) in [5.41, 5.74) is 1.17. The van der Waals surface area contributed by atoms with E-state index < -0.39 is 5.97 Å². The van der Waals surface area contributed by atoms with Crippen LogP contribution in [0.15, 0.2) is 6.20 Å². The van der Waals surface area contributed by atoms with Crippen LogP contribution in [0.2, 0.25) is 0 Å². The van der Waals surface area contributed by atoms with Crippen molar-refractivity contribution in [3.8, 4) is 0 Å². The van der Waals surface area contributed by atoms with E-state index in [4.69, 9.17) is 5.11 Å². The van der Waals surface area contributed by atoms with Crippen molar-refractivity contribution >= 4 is 5.97 Å². The van der Waals surface area contributed by atoms with Crippen LogP contribution >= 0.6 is 0 Å². The van der Waals surface area contributed by atoms with E-state index in [9.17, 15) is 4.79 Å². The minimum absolute atomic E-state index is 0.0449. The number of aryl methyl sites for hydroxylation is 1. The van der Waals surface area contributed by atoms with Crippen LogP contribution in [0, 0.1) is 0 Å². The van der Waals surface area contributed by atoms with Gasteiger partial charge in [0.2, 0.25) is 0 Å². The number of carboxylic acid groups (broad SMARTS) is 1. The highest BCUT2D eigenvalue weighted by Gasteiger charge is 2.19. The van der Waals surface area contributed by atoms with E-state index in [0.29, 0.717) is 6.42 Å². The summed E-state index contributed by atoms with van der Waals surface area (Å²) in [6.07, 6.45) is 2.45. The topological polar surface area (TPSA) is 55.1 Å². The van der Waals surface area contributed by atoms with Crippen LogP contribution in [-0.4, -0.2) is 20.6 Å². The van der Waals surface area contributed by atoms with Gasteiger partial charge in [0, 0.05) is 30.8 Å². The quantitative estimate of drug-likeness (QED) is 0.826. The van der Waals surface area contributed by atoms with Gasteiger partial charge in [0.05, 0.1) is 6.42 Å². The molecule has 0 bridgehead atoms. The first-order chi connectivity index (χ1) is 6.82. The van der Waals surface area contributed by atoms with Crippen molar-refractivity contribution in [1.29, 1.82) is 0 Å². The molecule has 0 radical (unpaired) electrons. The van der Waals surface area contributed by atoms with Crippen molar-refractivity contribution in [2.45, 2.75) is 39.0 Å². The van der Waals surface area contributed by atoms with Crippen LogP contribution in [0.1, 0.15) is 38.7 Å². The zero-order valence-electron chi connectivity index (χ0n) is 9.74. The average molecular weight is 210 g/mol. The molecule has 0 saturated heterocycles. The number of aliphatic carboxylic acids is 1. The molecule has 15 heavy (non-hydrogen) atoms. The first-order valence-electron chi connectivity index (χ1n) is 5.05. The minimum atomic E-state index is -0.782. The second-order valence-electron chi connectivity index (χ2n) is 4.76. The lowest BCUT2D eigenvalue weighted by Gasteiger charge is -2.19. The predicted molar refractivity (Wildman–Crippen MR) is 57.9 cm³/mol. The third-order valence-corrected chi connectivity index (χ3v) is 2.42. The summed E-state index contributed by atoms with van der Waals surface area (Å²) in [4.78, 5) is 14.7. The molecular weight excluding hydrogens is 192 g/mol. The first-order valence-corrected chi connectivity index (χ1v) is 5.05. The largest absolute Gasteiger partial charge is 0.481 e. The molecule has 84 valence electrons. The summed E-state index contributed by atoms with van der Waals surface area (Å²) in [5.74, 6) is 0.0534. The van der Waals surface area contributed by atoms with E-state index in [1.54, 1.807) is 0 Å². The van der Waals surface area contributed by atoms with Gasteiger partial charge in [-0.2, -0.15) is 0 Å². The second-order valence-corrected chi connectivity index (χ2v) is 4.76. The van der Waals surface area contributed by atoms with E-state index in [0.717, 1.165) is 11.5 Å². The summed E-state index contributed by atoms with van der Waals surface area (Å²) in [6, 6.07) is 0. The number of hydrogen-bond donors (Lipinski definition) is 1. The van der Waals surface area contributed by atoms with Gasteiger partial charge in [-0.1, -0.05) is 20.8 Å². The molecule has 0 unspecified atom stereocenters. The highest BCUT2D eigenvalue weighted by molar-refractivity contribution is 5.66. The Morgan fingerprint density at radius 3 is 2.53 bits per heavy atom. The fourth-order valence-corrected chi connectivity index (χ4v) is 1.60. The minimum Gasteiger partial charge on any atom is -0.481 e. The summed E-state index contributed by atoms with van der Waals surface area (Å²) < 4.78 is 1.99. The maximum atomic E-state index is 10.5. The fourth-order valence-electron chi connectivity index (χ4n) is 1.60. The molecule has 1 rings (SSSR count). The molecular formula is C11H18N2O2. The van der Waals surface area contributed by atoms with Gasteiger partial charge in [0.15, 0.2) is 0 Å². The van der Waals surface area contributed by atoms with Crippen LogP contribution in [0.25, 0.3) is 0 Å². The highest BCUT2D eigenvalue weighted by Crippen LogP contribution is 2.22. The molecule has 0 aromatic carbocycles. The van der Waals surface area contributed by atoms with Crippen LogP contribution in [0.5, 0.6) is 0 Å². The fraction of sp³-hybridized carbons (Fsp3) is 0.636. The molecule has 1 heterocycles. The molecule has 1 aromatic rings. The molecule has 0 fully saturated rings. The zero-order chi connectivity index (χ0) is 11.6. The molecule has 0 aliphatic heterocycles. The maximum Gasteiger partial charge on any atom is 0.303 e. The Morgan fingerprint density at radius 1 is 1.53 bits per heavy atom. The highest BCUT2D eigenvalue weighted by atomic mass is 16.4. The summed E-state index contributed by atoms with van der Waals surface area (Å²) in [5, 5.41) is 8.60. The van der Waals surface area contributed by atoms with Gasteiger partial charge in [-0.3, -0.25) is 4.79 Å². The third-order valence-electron chi connectivity index (χ3n) is 2.42. The lowest BCUT2D eigenvalue weighted by Crippen LogP contribution is -2.17. The molecule has 4 nitrogen and oxygen atoms in total. The smallest absolute Gasteiger partial charge is 0.303 e. The molecule has 0 spiro atoms. The van der Waals surface area contributed by atoms with E-state index >= 15 is 0 Å². The second kappa shape index (κ2) is 4.04. The summed E-state index contributed by atoms with van der Waals surface area (Å²) in [7, 11) is 1.94. The maximum absolute atomic E-state index is 10.5. The molecule has 4 heteroatoms. The van der Waals surface area contributed by atoms with Gasteiger partial charge in [0.25, 0.3) is 0 Å². The number of aromatic nitrogens is 2. The lowest BCUT2D eigenvalue weighted by molar-refractivity contribution is -0.137.